The van der Waals surface area contributed by atoms with Crippen molar-refractivity contribution >= 4 is 12.2 Å². The molecule has 19 heavy (non-hydrogen) atoms. The first-order valence-electron chi connectivity index (χ1n) is 5.96. The van der Waals surface area contributed by atoms with Gasteiger partial charge in [0.15, 0.2) is 0 Å². The van der Waals surface area contributed by atoms with Gasteiger partial charge in [0.25, 0.3) is 0 Å². The molecule has 0 aliphatic heterocycles. The molecule has 0 bridgehead atoms. The zero-order chi connectivity index (χ0) is 14.9. The third-order valence-corrected chi connectivity index (χ3v) is 2.19. The van der Waals surface area contributed by atoms with Crippen LogP contribution in [-0.2, 0) is 15.1 Å². The van der Waals surface area contributed by atoms with E-state index in [-0.39, 0.29) is 5.54 Å². The summed E-state index contributed by atoms with van der Waals surface area (Å²) < 4.78 is 0. The Morgan fingerprint density at radius 2 is 1.32 bits per heavy atom. The van der Waals surface area contributed by atoms with Gasteiger partial charge in [-0.05, 0) is 40.2 Å². The van der Waals surface area contributed by atoms with Gasteiger partial charge in [-0.3, -0.25) is 0 Å². The van der Waals surface area contributed by atoms with Gasteiger partial charge in [0.1, 0.15) is 0 Å². The summed E-state index contributed by atoms with van der Waals surface area (Å²) in [6, 6.07) is 9.68. The van der Waals surface area contributed by atoms with Crippen LogP contribution in [0.1, 0.15) is 40.2 Å². The predicted octanol–water partition coefficient (Wildman–Crippen LogP) is 3.38. The first kappa shape index (κ1) is 17.0. The average Bonchev–Trinajstić information content (AvgIpc) is 2.29. The number of aliphatic imine (C=N–C) groups is 2. The van der Waals surface area contributed by atoms with E-state index in [1.165, 1.54) is 6.08 Å². The average molecular weight is 260 g/mol. The van der Waals surface area contributed by atoms with Crippen molar-refractivity contribution in [2.24, 2.45) is 9.98 Å². The van der Waals surface area contributed by atoms with Crippen LogP contribution in [0.25, 0.3) is 0 Å². The molecule has 0 aliphatic rings. The quantitative estimate of drug-likeness (QED) is 0.604. The maximum absolute atomic E-state index is 10.1. The lowest BCUT2D eigenvalue weighted by Gasteiger charge is -2.16. The van der Waals surface area contributed by atoms with E-state index in [4.69, 9.17) is 0 Å². The molecule has 1 aromatic rings. The largest absolute Gasteiger partial charge is 0.235 e. The zero-order valence-corrected chi connectivity index (χ0v) is 12.1. The highest BCUT2D eigenvalue weighted by Gasteiger charge is 2.17. The van der Waals surface area contributed by atoms with Crippen molar-refractivity contribution in [2.45, 2.75) is 45.7 Å². The van der Waals surface area contributed by atoms with Crippen LogP contribution >= 0.6 is 0 Å². The van der Waals surface area contributed by atoms with E-state index in [0.29, 0.717) is 0 Å². The van der Waals surface area contributed by atoms with Crippen LogP contribution in [0.15, 0.2) is 40.3 Å². The molecule has 0 heterocycles. The van der Waals surface area contributed by atoms with Crippen LogP contribution in [0.4, 0.5) is 0 Å². The lowest BCUT2D eigenvalue weighted by molar-refractivity contribution is 0.523. The summed E-state index contributed by atoms with van der Waals surface area (Å²) in [5, 5.41) is 0. The van der Waals surface area contributed by atoms with Crippen LogP contribution in [0.5, 0.6) is 0 Å². The minimum atomic E-state index is -0.455. The first-order valence-corrected chi connectivity index (χ1v) is 5.96. The minimum Gasteiger partial charge on any atom is -0.211 e. The molecule has 0 aliphatic carbocycles. The summed E-state index contributed by atoms with van der Waals surface area (Å²) in [7, 11) is 0. The summed E-state index contributed by atoms with van der Waals surface area (Å²) in [6.45, 7) is 9.30. The van der Waals surface area contributed by atoms with Gasteiger partial charge in [-0.15, -0.1) is 0 Å². The Labute approximate surface area is 114 Å². The Morgan fingerprint density at radius 1 is 0.842 bits per heavy atom. The highest BCUT2D eigenvalue weighted by molar-refractivity contribution is 5.37. The monoisotopic (exact) mass is 260 g/mol. The second-order valence-electron chi connectivity index (χ2n) is 5.50. The normalized spacial score (nSPS) is 10.4. The van der Waals surface area contributed by atoms with Crippen molar-refractivity contribution in [2.75, 3.05) is 0 Å². The second kappa shape index (κ2) is 7.42. The molecule has 0 saturated carbocycles. The van der Waals surface area contributed by atoms with Crippen molar-refractivity contribution in [3.63, 3.8) is 0 Å². The minimum absolute atomic E-state index is 0.248. The van der Waals surface area contributed by atoms with Crippen LogP contribution in [0, 0.1) is 0 Å². The number of hydrogen-bond donors (Lipinski definition) is 0. The van der Waals surface area contributed by atoms with Gasteiger partial charge in [0.05, 0.1) is 11.1 Å². The third kappa shape index (κ3) is 7.82. The van der Waals surface area contributed by atoms with Crippen LogP contribution < -0.4 is 0 Å². The van der Waals surface area contributed by atoms with E-state index in [1.54, 1.807) is 6.08 Å². The van der Waals surface area contributed by atoms with Gasteiger partial charge in [-0.25, -0.2) is 14.6 Å². The van der Waals surface area contributed by atoms with Crippen molar-refractivity contribution < 1.29 is 9.59 Å². The topological polar surface area (TPSA) is 58.9 Å². The van der Waals surface area contributed by atoms with Crippen molar-refractivity contribution in [3.8, 4) is 0 Å². The van der Waals surface area contributed by atoms with Gasteiger partial charge in [-0.1, -0.05) is 30.3 Å². The molecule has 0 saturated heterocycles. The van der Waals surface area contributed by atoms with Gasteiger partial charge >= 0.3 is 0 Å². The first-order chi connectivity index (χ1) is 8.73. The number of hydrogen-bond acceptors (Lipinski definition) is 4. The Balaban J connectivity index is 0.000000399. The highest BCUT2D eigenvalue weighted by Crippen LogP contribution is 2.23. The molecule has 1 aromatic carbocycles. The second-order valence-corrected chi connectivity index (χ2v) is 5.50. The Morgan fingerprint density at radius 3 is 1.63 bits per heavy atom. The molecule has 1 rings (SSSR count). The lowest BCUT2D eigenvalue weighted by atomic mass is 9.95. The van der Waals surface area contributed by atoms with E-state index in [1.807, 2.05) is 65.0 Å². The fourth-order valence-electron chi connectivity index (χ4n) is 1.16. The molecular formula is C15H20N2O2. The lowest BCUT2D eigenvalue weighted by Crippen LogP contribution is -2.12. The van der Waals surface area contributed by atoms with Crippen molar-refractivity contribution in [1.29, 1.82) is 0 Å². The molecule has 0 radical (unpaired) electrons. The van der Waals surface area contributed by atoms with Gasteiger partial charge in [0, 0.05) is 0 Å². The standard InChI is InChI=1S/C10H11NO.C5H9NO/c1-10(2,11-8-12)9-6-4-3-5-7-9;1-5(2,3)6-4-7/h3-7H,1-2H3;1-3H3. The summed E-state index contributed by atoms with van der Waals surface area (Å²) in [4.78, 5) is 26.8. The molecule has 0 atom stereocenters. The fourth-order valence-corrected chi connectivity index (χ4v) is 1.16. The molecule has 0 unspecified atom stereocenters. The van der Waals surface area contributed by atoms with Gasteiger partial charge in [0.2, 0.25) is 12.2 Å². The highest BCUT2D eigenvalue weighted by atomic mass is 16.1. The molecule has 0 fully saturated rings. The molecule has 0 spiro atoms. The molecule has 4 heteroatoms. The third-order valence-electron chi connectivity index (χ3n) is 2.19. The summed E-state index contributed by atoms with van der Waals surface area (Å²) in [5.74, 6) is 0. The number of rotatable bonds is 2. The molecule has 4 nitrogen and oxygen atoms in total. The Hall–Kier alpha value is -2.02. The maximum atomic E-state index is 10.1. The molecule has 0 aromatic heterocycles. The smallest absolute Gasteiger partial charge is 0.211 e. The van der Waals surface area contributed by atoms with Crippen molar-refractivity contribution in [1.82, 2.24) is 0 Å². The SMILES string of the molecule is CC(C)(C)N=C=O.CC(C)(N=C=O)c1ccccc1. The Kier molecular flexibility index (Phi) is 6.63. The van der Waals surface area contributed by atoms with E-state index >= 15 is 0 Å². The number of nitrogens with zero attached hydrogens (tertiary/aromatic N) is 2. The number of carbonyl (C=O) groups excluding carboxylic acids is 2. The van der Waals surface area contributed by atoms with Crippen LogP contribution in [-0.4, -0.2) is 17.7 Å². The molecule has 0 amide bonds. The van der Waals surface area contributed by atoms with E-state index in [9.17, 15) is 9.59 Å². The summed E-state index contributed by atoms with van der Waals surface area (Å²) in [6.07, 6.45) is 3.06. The fraction of sp³-hybridized carbons (Fsp3) is 0.467. The van der Waals surface area contributed by atoms with E-state index in [2.05, 4.69) is 9.98 Å². The van der Waals surface area contributed by atoms with Crippen LogP contribution in [0.2, 0.25) is 0 Å². The molecular weight excluding hydrogens is 240 g/mol. The van der Waals surface area contributed by atoms with Gasteiger partial charge < -0.3 is 0 Å². The molecule has 102 valence electrons. The van der Waals surface area contributed by atoms with Crippen LogP contribution in [0.3, 0.4) is 0 Å². The summed E-state index contributed by atoms with van der Waals surface area (Å²) in [5.41, 5.74) is 0.318. The molecule has 0 N–H and O–H groups in total. The summed E-state index contributed by atoms with van der Waals surface area (Å²) >= 11 is 0. The maximum Gasteiger partial charge on any atom is 0.235 e. The van der Waals surface area contributed by atoms with Gasteiger partial charge in [-0.2, -0.15) is 4.99 Å². The van der Waals surface area contributed by atoms with E-state index < -0.39 is 5.54 Å². The van der Waals surface area contributed by atoms with E-state index in [0.717, 1.165) is 5.56 Å². The number of isocyanates is 2. The van der Waals surface area contributed by atoms with Crippen molar-refractivity contribution in [3.05, 3.63) is 35.9 Å². The zero-order valence-electron chi connectivity index (χ0n) is 12.1. The Bertz CT molecular complexity index is 475. The number of benzene rings is 1. The predicted molar refractivity (Wildman–Crippen MR) is 75.5 cm³/mol.